The van der Waals surface area contributed by atoms with Gasteiger partial charge in [0.25, 0.3) is 0 Å². The Bertz CT molecular complexity index is 150. The maximum absolute atomic E-state index is 9.69. The van der Waals surface area contributed by atoms with Gasteiger partial charge < -0.3 is 5.11 Å². The van der Waals surface area contributed by atoms with Gasteiger partial charge in [-0.1, -0.05) is 71.1 Å². The molecule has 0 saturated heterocycles. The molecule has 0 aliphatic heterocycles. The van der Waals surface area contributed by atoms with E-state index in [1.165, 1.54) is 64.2 Å². The molecule has 0 bridgehead atoms. The standard InChI is InChI=1S/C16H34OS/c1-3-4-5-6-7-8-9-10-11-12-13-16(17)14-15-18-2/h16-17H,3-15H2,1-2H3. The highest BCUT2D eigenvalue weighted by molar-refractivity contribution is 7.98. The lowest BCUT2D eigenvalue weighted by molar-refractivity contribution is 0.157. The summed E-state index contributed by atoms with van der Waals surface area (Å²) in [6.07, 6.45) is 17.8. The molecule has 0 amide bonds. The second-order valence-corrected chi connectivity index (χ2v) is 6.39. The van der Waals surface area contributed by atoms with Crippen LogP contribution in [0.15, 0.2) is 0 Å². The van der Waals surface area contributed by atoms with Crippen molar-refractivity contribution in [2.24, 2.45) is 0 Å². The van der Waals surface area contributed by atoms with Gasteiger partial charge in [0.15, 0.2) is 0 Å². The van der Waals surface area contributed by atoms with Crippen molar-refractivity contribution in [1.82, 2.24) is 0 Å². The maximum atomic E-state index is 9.69. The monoisotopic (exact) mass is 274 g/mol. The van der Waals surface area contributed by atoms with E-state index in [2.05, 4.69) is 13.2 Å². The lowest BCUT2D eigenvalue weighted by Gasteiger charge is -2.09. The van der Waals surface area contributed by atoms with Crippen molar-refractivity contribution < 1.29 is 5.11 Å². The van der Waals surface area contributed by atoms with E-state index in [9.17, 15) is 5.11 Å². The Labute approximate surface area is 119 Å². The normalized spacial score (nSPS) is 12.8. The molecule has 18 heavy (non-hydrogen) atoms. The molecule has 1 N–H and O–H groups in total. The van der Waals surface area contributed by atoms with E-state index < -0.39 is 0 Å². The van der Waals surface area contributed by atoms with Gasteiger partial charge in [-0.05, 0) is 24.9 Å². The Morgan fingerprint density at radius 3 is 1.78 bits per heavy atom. The average Bonchev–Trinajstić information content (AvgIpc) is 2.38. The first-order valence-electron chi connectivity index (χ1n) is 7.98. The molecule has 0 saturated carbocycles. The molecule has 0 aromatic heterocycles. The van der Waals surface area contributed by atoms with Gasteiger partial charge in [-0.3, -0.25) is 0 Å². The quantitative estimate of drug-likeness (QED) is 0.427. The van der Waals surface area contributed by atoms with E-state index in [1.54, 1.807) is 0 Å². The van der Waals surface area contributed by atoms with Crippen molar-refractivity contribution in [2.75, 3.05) is 12.0 Å². The zero-order chi connectivity index (χ0) is 13.5. The summed E-state index contributed by atoms with van der Waals surface area (Å²) in [6.45, 7) is 2.27. The fourth-order valence-corrected chi connectivity index (χ4v) is 2.77. The third-order valence-electron chi connectivity index (χ3n) is 3.55. The minimum Gasteiger partial charge on any atom is -0.393 e. The molecule has 0 radical (unpaired) electrons. The van der Waals surface area contributed by atoms with E-state index in [-0.39, 0.29) is 6.10 Å². The van der Waals surface area contributed by atoms with Crippen molar-refractivity contribution in [1.29, 1.82) is 0 Å². The number of hydrogen-bond acceptors (Lipinski definition) is 2. The fourth-order valence-electron chi connectivity index (χ4n) is 2.27. The summed E-state index contributed by atoms with van der Waals surface area (Å²) < 4.78 is 0. The first-order chi connectivity index (χ1) is 8.81. The van der Waals surface area contributed by atoms with Crippen molar-refractivity contribution in [3.63, 3.8) is 0 Å². The van der Waals surface area contributed by atoms with Crippen LogP contribution in [0.1, 0.15) is 84.0 Å². The molecule has 0 heterocycles. The van der Waals surface area contributed by atoms with Gasteiger partial charge in [0.2, 0.25) is 0 Å². The zero-order valence-corrected chi connectivity index (χ0v) is 13.4. The zero-order valence-electron chi connectivity index (χ0n) is 12.6. The van der Waals surface area contributed by atoms with E-state index in [0.29, 0.717) is 0 Å². The highest BCUT2D eigenvalue weighted by atomic mass is 32.2. The Morgan fingerprint density at radius 2 is 1.28 bits per heavy atom. The predicted octanol–water partition coefficient (Wildman–Crippen LogP) is 5.41. The van der Waals surface area contributed by atoms with Gasteiger partial charge >= 0.3 is 0 Å². The molecule has 1 nitrogen and oxygen atoms in total. The second-order valence-electron chi connectivity index (χ2n) is 5.41. The largest absolute Gasteiger partial charge is 0.393 e. The molecule has 0 aromatic rings. The van der Waals surface area contributed by atoms with Crippen LogP contribution in [-0.2, 0) is 0 Å². The Balaban J connectivity index is 3.02. The van der Waals surface area contributed by atoms with Crippen LogP contribution in [0.3, 0.4) is 0 Å². The van der Waals surface area contributed by atoms with Crippen LogP contribution in [0.5, 0.6) is 0 Å². The first kappa shape index (κ1) is 18.3. The van der Waals surface area contributed by atoms with Crippen LogP contribution < -0.4 is 0 Å². The molecule has 1 unspecified atom stereocenters. The van der Waals surface area contributed by atoms with Crippen molar-refractivity contribution in [3.8, 4) is 0 Å². The number of hydrogen-bond donors (Lipinski definition) is 1. The third-order valence-corrected chi connectivity index (χ3v) is 4.19. The molecule has 0 aromatic carbocycles. The van der Waals surface area contributed by atoms with Gasteiger partial charge in [-0.15, -0.1) is 0 Å². The summed E-state index contributed by atoms with van der Waals surface area (Å²) in [6, 6.07) is 0. The predicted molar refractivity (Wildman–Crippen MR) is 85.5 cm³/mol. The van der Waals surface area contributed by atoms with E-state index in [1.807, 2.05) is 11.8 Å². The highest BCUT2D eigenvalue weighted by Gasteiger charge is 2.02. The van der Waals surface area contributed by atoms with Crippen molar-refractivity contribution >= 4 is 11.8 Å². The van der Waals surface area contributed by atoms with Crippen LogP contribution in [0, 0.1) is 0 Å². The van der Waals surface area contributed by atoms with E-state index in [0.717, 1.165) is 18.6 Å². The number of aliphatic hydroxyl groups excluding tert-OH is 1. The van der Waals surface area contributed by atoms with Crippen molar-refractivity contribution in [2.45, 2.75) is 90.1 Å². The van der Waals surface area contributed by atoms with Crippen LogP contribution in [0.25, 0.3) is 0 Å². The van der Waals surface area contributed by atoms with E-state index >= 15 is 0 Å². The minimum absolute atomic E-state index is 0.0495. The molecular weight excluding hydrogens is 240 g/mol. The van der Waals surface area contributed by atoms with Gasteiger partial charge in [0.1, 0.15) is 0 Å². The summed E-state index contributed by atoms with van der Waals surface area (Å²) in [5, 5.41) is 9.69. The number of unbranched alkanes of at least 4 members (excludes halogenated alkanes) is 9. The number of thioether (sulfide) groups is 1. The maximum Gasteiger partial charge on any atom is 0.0548 e. The van der Waals surface area contributed by atoms with Gasteiger partial charge in [-0.2, -0.15) is 11.8 Å². The minimum atomic E-state index is -0.0495. The van der Waals surface area contributed by atoms with Crippen molar-refractivity contribution in [3.05, 3.63) is 0 Å². The van der Waals surface area contributed by atoms with Gasteiger partial charge in [0, 0.05) is 0 Å². The van der Waals surface area contributed by atoms with Crippen LogP contribution >= 0.6 is 11.8 Å². The number of aliphatic hydroxyl groups is 1. The Hall–Kier alpha value is 0.310. The van der Waals surface area contributed by atoms with Gasteiger partial charge in [0.05, 0.1) is 6.10 Å². The SMILES string of the molecule is CCCCCCCCCCCCC(O)CCSC. The lowest BCUT2D eigenvalue weighted by atomic mass is 10.0. The van der Waals surface area contributed by atoms with Crippen LogP contribution in [0.2, 0.25) is 0 Å². The summed E-state index contributed by atoms with van der Waals surface area (Å²) in [7, 11) is 0. The highest BCUT2D eigenvalue weighted by Crippen LogP contribution is 2.13. The van der Waals surface area contributed by atoms with E-state index in [4.69, 9.17) is 0 Å². The van der Waals surface area contributed by atoms with Crippen LogP contribution in [0.4, 0.5) is 0 Å². The summed E-state index contributed by atoms with van der Waals surface area (Å²) in [5.41, 5.74) is 0. The Kier molecular flexibility index (Phi) is 15.6. The molecule has 110 valence electrons. The fraction of sp³-hybridized carbons (Fsp3) is 1.00. The molecule has 0 spiro atoms. The molecule has 1 atom stereocenters. The molecule has 0 rings (SSSR count). The summed E-state index contributed by atoms with van der Waals surface area (Å²) in [5.74, 6) is 1.10. The summed E-state index contributed by atoms with van der Waals surface area (Å²) in [4.78, 5) is 0. The summed E-state index contributed by atoms with van der Waals surface area (Å²) >= 11 is 1.83. The van der Waals surface area contributed by atoms with Crippen LogP contribution in [-0.4, -0.2) is 23.2 Å². The smallest absolute Gasteiger partial charge is 0.0548 e. The average molecular weight is 275 g/mol. The second kappa shape index (κ2) is 15.4. The lowest BCUT2D eigenvalue weighted by Crippen LogP contribution is -2.07. The Morgan fingerprint density at radius 1 is 0.778 bits per heavy atom. The van der Waals surface area contributed by atoms with Gasteiger partial charge in [-0.25, -0.2) is 0 Å². The molecule has 0 fully saturated rings. The molecule has 2 heteroatoms. The third kappa shape index (κ3) is 14.4. The number of rotatable bonds is 14. The molecule has 0 aliphatic rings. The topological polar surface area (TPSA) is 20.2 Å². The molecule has 0 aliphatic carbocycles. The first-order valence-corrected chi connectivity index (χ1v) is 9.37. The molecular formula is C16H34OS.